The molecule has 1 saturated heterocycles. The minimum atomic E-state index is -0.260. The van der Waals surface area contributed by atoms with Gasteiger partial charge in [0.05, 0.1) is 0 Å². The Kier molecular flexibility index (Phi) is 3.14. The fraction of sp³-hybridized carbons (Fsp3) is 0.286. The Labute approximate surface area is 120 Å². The summed E-state index contributed by atoms with van der Waals surface area (Å²) in [7, 11) is 0. The van der Waals surface area contributed by atoms with Crippen molar-refractivity contribution in [3.05, 3.63) is 34.5 Å². The minimum absolute atomic E-state index is 0.0656. The molecule has 0 atom stereocenters. The number of aryl methyl sites for hydroxylation is 1. The van der Waals surface area contributed by atoms with Gasteiger partial charge in [0, 0.05) is 29.1 Å². The van der Waals surface area contributed by atoms with E-state index in [-0.39, 0.29) is 24.1 Å². The third-order valence-corrected chi connectivity index (χ3v) is 3.65. The van der Waals surface area contributed by atoms with Gasteiger partial charge < -0.3 is 14.6 Å². The summed E-state index contributed by atoms with van der Waals surface area (Å²) in [5.41, 5.74) is 1.37. The number of amides is 2. The van der Waals surface area contributed by atoms with E-state index < -0.39 is 0 Å². The van der Waals surface area contributed by atoms with E-state index in [9.17, 15) is 9.59 Å². The number of benzene rings is 1. The van der Waals surface area contributed by atoms with Crippen LogP contribution in [0.15, 0.2) is 22.6 Å². The van der Waals surface area contributed by atoms with Crippen LogP contribution in [0.3, 0.4) is 0 Å². The second-order valence-electron chi connectivity index (χ2n) is 4.77. The first-order valence-corrected chi connectivity index (χ1v) is 6.68. The maximum Gasteiger partial charge on any atom is 0.290 e. The first-order chi connectivity index (χ1) is 9.56. The summed E-state index contributed by atoms with van der Waals surface area (Å²) >= 11 is 5.96. The smallest absolute Gasteiger partial charge is 0.290 e. The Morgan fingerprint density at radius 3 is 3.00 bits per heavy atom. The first-order valence-electron chi connectivity index (χ1n) is 6.31. The number of halogens is 1. The van der Waals surface area contributed by atoms with Crippen LogP contribution in [0, 0.1) is 6.92 Å². The highest BCUT2D eigenvalue weighted by atomic mass is 35.5. The van der Waals surface area contributed by atoms with Crippen LogP contribution in [-0.2, 0) is 4.79 Å². The topological polar surface area (TPSA) is 62.6 Å². The molecule has 1 aromatic heterocycles. The van der Waals surface area contributed by atoms with E-state index in [4.69, 9.17) is 16.0 Å². The van der Waals surface area contributed by atoms with Gasteiger partial charge in [0.15, 0.2) is 5.76 Å². The van der Waals surface area contributed by atoms with Gasteiger partial charge in [-0.25, -0.2) is 0 Å². The third-order valence-electron chi connectivity index (χ3n) is 3.42. The van der Waals surface area contributed by atoms with Crippen molar-refractivity contribution >= 4 is 34.4 Å². The quantitative estimate of drug-likeness (QED) is 0.874. The van der Waals surface area contributed by atoms with E-state index in [1.807, 2.05) is 6.92 Å². The molecule has 1 N–H and O–H groups in total. The molecular formula is C14H13ClN2O3. The van der Waals surface area contributed by atoms with Crippen LogP contribution in [0.4, 0.5) is 0 Å². The lowest BCUT2D eigenvalue weighted by molar-refractivity contribution is -0.123. The molecule has 1 aromatic carbocycles. The Hall–Kier alpha value is -2.01. The van der Waals surface area contributed by atoms with Gasteiger partial charge in [0.2, 0.25) is 5.91 Å². The molecule has 1 fully saturated rings. The second-order valence-corrected chi connectivity index (χ2v) is 5.21. The van der Waals surface area contributed by atoms with Crippen LogP contribution in [-0.4, -0.2) is 36.3 Å². The molecule has 0 aliphatic carbocycles. The zero-order valence-electron chi connectivity index (χ0n) is 10.9. The predicted molar refractivity (Wildman–Crippen MR) is 74.9 cm³/mol. The number of nitrogens with zero attached hydrogens (tertiary/aromatic N) is 1. The number of carbonyl (C=O) groups excluding carboxylic acids is 2. The zero-order valence-corrected chi connectivity index (χ0v) is 11.7. The van der Waals surface area contributed by atoms with Gasteiger partial charge in [-0.3, -0.25) is 9.59 Å². The van der Waals surface area contributed by atoms with Crippen LogP contribution < -0.4 is 5.32 Å². The summed E-state index contributed by atoms with van der Waals surface area (Å²) in [5.74, 6) is -0.136. The number of rotatable bonds is 1. The molecule has 20 heavy (non-hydrogen) atoms. The molecule has 2 amide bonds. The maximum absolute atomic E-state index is 12.4. The summed E-state index contributed by atoms with van der Waals surface area (Å²) in [6.45, 7) is 2.84. The van der Waals surface area contributed by atoms with Crippen molar-refractivity contribution in [2.45, 2.75) is 6.92 Å². The monoisotopic (exact) mass is 292 g/mol. The first kappa shape index (κ1) is 13.0. The lowest BCUT2D eigenvalue weighted by atomic mass is 10.1. The summed E-state index contributed by atoms with van der Waals surface area (Å²) in [6.07, 6.45) is 0. The van der Waals surface area contributed by atoms with E-state index >= 15 is 0 Å². The highest BCUT2D eigenvalue weighted by molar-refractivity contribution is 6.31. The third kappa shape index (κ3) is 2.14. The standard InChI is InChI=1S/C14H13ClN2O3/c1-8-10-6-9(15)2-3-11(10)20-13(8)14(19)17-5-4-16-12(18)7-17/h2-3,6H,4-5,7H2,1H3,(H,16,18). The normalized spacial score (nSPS) is 15.5. The number of nitrogens with one attached hydrogen (secondary N) is 1. The van der Waals surface area contributed by atoms with Crippen molar-refractivity contribution in [3.63, 3.8) is 0 Å². The molecule has 2 aromatic rings. The van der Waals surface area contributed by atoms with Crippen molar-refractivity contribution < 1.29 is 14.0 Å². The molecule has 0 spiro atoms. The summed E-state index contributed by atoms with van der Waals surface area (Å²) < 4.78 is 5.62. The van der Waals surface area contributed by atoms with E-state index in [0.717, 1.165) is 10.9 Å². The van der Waals surface area contributed by atoms with Crippen molar-refractivity contribution in [1.29, 1.82) is 0 Å². The molecule has 5 nitrogen and oxygen atoms in total. The number of hydrogen-bond donors (Lipinski definition) is 1. The second kappa shape index (κ2) is 4.83. The van der Waals surface area contributed by atoms with Crippen molar-refractivity contribution in [3.8, 4) is 0 Å². The van der Waals surface area contributed by atoms with Crippen LogP contribution >= 0.6 is 11.6 Å². The fourth-order valence-electron chi connectivity index (χ4n) is 2.35. The molecule has 6 heteroatoms. The summed E-state index contributed by atoms with van der Waals surface area (Å²) in [4.78, 5) is 25.3. The van der Waals surface area contributed by atoms with Crippen LogP contribution in [0.25, 0.3) is 11.0 Å². The lowest BCUT2D eigenvalue weighted by Gasteiger charge is -2.25. The van der Waals surface area contributed by atoms with Crippen molar-refractivity contribution in [2.24, 2.45) is 0 Å². The number of carbonyl (C=O) groups is 2. The highest BCUT2D eigenvalue weighted by Gasteiger charge is 2.27. The molecule has 1 aliphatic heterocycles. The number of fused-ring (bicyclic) bond motifs is 1. The Morgan fingerprint density at radius 2 is 2.25 bits per heavy atom. The van der Waals surface area contributed by atoms with Crippen LogP contribution in [0.5, 0.6) is 0 Å². The van der Waals surface area contributed by atoms with Gasteiger partial charge in [0.25, 0.3) is 5.91 Å². The molecule has 104 valence electrons. The Morgan fingerprint density at radius 1 is 1.45 bits per heavy atom. The predicted octanol–water partition coefficient (Wildman–Crippen LogP) is 1.97. The molecule has 3 rings (SSSR count). The number of furan rings is 1. The maximum atomic E-state index is 12.4. The fourth-order valence-corrected chi connectivity index (χ4v) is 2.52. The van der Waals surface area contributed by atoms with Gasteiger partial charge in [-0.1, -0.05) is 11.6 Å². The number of piperazine rings is 1. The minimum Gasteiger partial charge on any atom is -0.451 e. The van der Waals surface area contributed by atoms with E-state index in [1.54, 1.807) is 18.2 Å². The van der Waals surface area contributed by atoms with E-state index in [2.05, 4.69) is 5.32 Å². The zero-order chi connectivity index (χ0) is 14.3. The largest absolute Gasteiger partial charge is 0.451 e. The number of hydrogen-bond acceptors (Lipinski definition) is 3. The molecule has 1 aliphatic rings. The lowest BCUT2D eigenvalue weighted by Crippen LogP contribution is -2.50. The van der Waals surface area contributed by atoms with Gasteiger partial charge in [0.1, 0.15) is 12.1 Å². The SMILES string of the molecule is Cc1c(C(=O)N2CCNC(=O)C2)oc2ccc(Cl)cc12. The molecule has 2 heterocycles. The molecule has 0 radical (unpaired) electrons. The highest BCUT2D eigenvalue weighted by Crippen LogP contribution is 2.28. The van der Waals surface area contributed by atoms with Crippen molar-refractivity contribution in [1.82, 2.24) is 10.2 Å². The van der Waals surface area contributed by atoms with Gasteiger partial charge in [-0.05, 0) is 25.1 Å². The molecule has 0 saturated carbocycles. The van der Waals surface area contributed by atoms with Gasteiger partial charge in [-0.2, -0.15) is 0 Å². The molecule has 0 unspecified atom stereocenters. The summed E-state index contributed by atoms with van der Waals surface area (Å²) in [5, 5.41) is 4.10. The summed E-state index contributed by atoms with van der Waals surface area (Å²) in [6, 6.07) is 5.23. The van der Waals surface area contributed by atoms with Gasteiger partial charge >= 0.3 is 0 Å². The van der Waals surface area contributed by atoms with Crippen molar-refractivity contribution in [2.75, 3.05) is 19.6 Å². The average molecular weight is 293 g/mol. The molecular weight excluding hydrogens is 280 g/mol. The Bertz CT molecular complexity index is 708. The van der Waals surface area contributed by atoms with E-state index in [0.29, 0.717) is 23.7 Å². The average Bonchev–Trinajstić information content (AvgIpc) is 2.75. The van der Waals surface area contributed by atoms with Gasteiger partial charge in [-0.15, -0.1) is 0 Å². The Balaban J connectivity index is 1.99. The molecule has 0 bridgehead atoms. The van der Waals surface area contributed by atoms with E-state index in [1.165, 1.54) is 4.90 Å². The van der Waals surface area contributed by atoms with Crippen LogP contribution in [0.2, 0.25) is 5.02 Å². The van der Waals surface area contributed by atoms with Crippen LogP contribution in [0.1, 0.15) is 16.1 Å².